The third-order valence-corrected chi connectivity index (χ3v) is 5.45. The number of benzene rings is 1. The van der Waals surface area contributed by atoms with Gasteiger partial charge in [0.05, 0.1) is 18.2 Å². The van der Waals surface area contributed by atoms with E-state index in [0.29, 0.717) is 6.61 Å². The Morgan fingerprint density at radius 3 is 2.63 bits per heavy atom. The van der Waals surface area contributed by atoms with Crippen LogP contribution in [-0.4, -0.2) is 35.2 Å². The van der Waals surface area contributed by atoms with Crippen LogP contribution in [0.1, 0.15) is 48.9 Å². The number of nitrogens with zero attached hydrogens (tertiary/aromatic N) is 2. The second kappa shape index (κ2) is 8.05. The van der Waals surface area contributed by atoms with Crippen LogP contribution >= 0.6 is 0 Å². The molecule has 0 spiro atoms. The summed E-state index contributed by atoms with van der Waals surface area (Å²) in [6.45, 7) is 1.42. The first-order valence-electron chi connectivity index (χ1n) is 9.56. The molecule has 4 rings (SSSR count). The van der Waals surface area contributed by atoms with Gasteiger partial charge >= 0.3 is 6.03 Å². The summed E-state index contributed by atoms with van der Waals surface area (Å²) in [6, 6.07) is 9.93. The molecule has 6 heteroatoms. The minimum absolute atomic E-state index is 0.0614. The van der Waals surface area contributed by atoms with Crippen LogP contribution < -0.4 is 5.32 Å². The maximum Gasteiger partial charge on any atom is 0.318 e. The maximum atomic E-state index is 13.3. The normalized spacial score (nSPS) is 23.4. The number of rotatable bonds is 4. The molecule has 1 N–H and O–H groups in total. The van der Waals surface area contributed by atoms with E-state index in [0.717, 1.165) is 43.4 Å². The van der Waals surface area contributed by atoms with Crippen molar-refractivity contribution in [1.29, 1.82) is 0 Å². The van der Waals surface area contributed by atoms with Crippen LogP contribution in [0.5, 0.6) is 0 Å². The fraction of sp³-hybridized carbons (Fsp3) is 0.429. The lowest BCUT2D eigenvalue weighted by Gasteiger charge is -2.30. The van der Waals surface area contributed by atoms with Gasteiger partial charge in [0, 0.05) is 25.5 Å². The summed E-state index contributed by atoms with van der Waals surface area (Å²) in [7, 11) is 0. The first-order chi connectivity index (χ1) is 13.2. The van der Waals surface area contributed by atoms with Crippen LogP contribution in [0.3, 0.4) is 0 Å². The largest absolute Gasteiger partial charge is 0.376 e. The Morgan fingerprint density at radius 2 is 1.93 bits per heavy atom. The third kappa shape index (κ3) is 3.95. The van der Waals surface area contributed by atoms with Crippen LogP contribution in [0.2, 0.25) is 0 Å². The van der Waals surface area contributed by atoms with Crippen molar-refractivity contribution in [2.75, 3.05) is 13.2 Å². The number of likely N-dealkylation sites (tertiary alicyclic amines) is 1. The van der Waals surface area contributed by atoms with E-state index in [2.05, 4.69) is 10.3 Å². The Labute approximate surface area is 158 Å². The van der Waals surface area contributed by atoms with E-state index in [1.165, 1.54) is 12.1 Å². The van der Waals surface area contributed by atoms with E-state index in [9.17, 15) is 9.18 Å². The molecule has 2 aliphatic heterocycles. The first-order valence-corrected chi connectivity index (χ1v) is 9.56. The van der Waals surface area contributed by atoms with E-state index in [1.807, 2.05) is 17.0 Å². The first kappa shape index (κ1) is 17.9. The molecule has 3 heterocycles. The fourth-order valence-corrected chi connectivity index (χ4v) is 4.08. The Kier molecular flexibility index (Phi) is 5.34. The van der Waals surface area contributed by atoms with Crippen molar-refractivity contribution < 1.29 is 13.9 Å². The van der Waals surface area contributed by atoms with Gasteiger partial charge in [-0.1, -0.05) is 12.1 Å². The van der Waals surface area contributed by atoms with Gasteiger partial charge in [-0.3, -0.25) is 4.98 Å². The van der Waals surface area contributed by atoms with Crippen LogP contribution in [0.15, 0.2) is 48.8 Å². The number of halogens is 1. The average molecular weight is 369 g/mol. The van der Waals surface area contributed by atoms with Gasteiger partial charge in [-0.2, -0.15) is 0 Å². The predicted octanol–water partition coefficient (Wildman–Crippen LogP) is 3.99. The Morgan fingerprint density at radius 1 is 1.15 bits per heavy atom. The van der Waals surface area contributed by atoms with Gasteiger partial charge in [0.2, 0.25) is 0 Å². The monoisotopic (exact) mass is 369 g/mol. The molecule has 2 amide bonds. The minimum Gasteiger partial charge on any atom is -0.376 e. The molecular formula is C21H24FN3O2. The van der Waals surface area contributed by atoms with Gasteiger partial charge in [-0.05, 0) is 61.1 Å². The van der Waals surface area contributed by atoms with Gasteiger partial charge in [-0.15, -0.1) is 0 Å². The number of pyridine rings is 1. The summed E-state index contributed by atoms with van der Waals surface area (Å²) in [4.78, 5) is 19.1. The summed E-state index contributed by atoms with van der Waals surface area (Å²) in [6.07, 6.45) is 7.22. The van der Waals surface area contributed by atoms with E-state index >= 15 is 0 Å². The average Bonchev–Trinajstić information content (AvgIpc) is 3.39. The SMILES string of the molecule is O=C(N[C@H](c1ccc(F)cc1)[C@H]1CCCO1)N1CCC[C@@H]1c1ccncc1. The molecule has 0 unspecified atom stereocenters. The maximum absolute atomic E-state index is 13.3. The van der Waals surface area contributed by atoms with Gasteiger partial charge < -0.3 is 15.0 Å². The molecule has 2 aliphatic rings. The molecule has 2 fully saturated rings. The number of ether oxygens (including phenoxy) is 1. The van der Waals surface area contributed by atoms with Crippen molar-refractivity contribution in [2.45, 2.75) is 43.9 Å². The molecular weight excluding hydrogens is 345 g/mol. The zero-order chi connectivity index (χ0) is 18.6. The molecule has 2 saturated heterocycles. The molecule has 0 radical (unpaired) electrons. The summed E-state index contributed by atoms with van der Waals surface area (Å²) >= 11 is 0. The van der Waals surface area contributed by atoms with Crippen LogP contribution in [0, 0.1) is 5.82 Å². The lowest BCUT2D eigenvalue weighted by molar-refractivity contribution is 0.0775. The van der Waals surface area contributed by atoms with Crippen molar-refractivity contribution in [3.8, 4) is 0 Å². The smallest absolute Gasteiger partial charge is 0.318 e. The van der Waals surface area contributed by atoms with Gasteiger partial charge in [-0.25, -0.2) is 9.18 Å². The second-order valence-corrected chi connectivity index (χ2v) is 7.16. The number of nitrogens with one attached hydrogen (secondary N) is 1. The number of hydrogen-bond acceptors (Lipinski definition) is 3. The number of urea groups is 1. The van der Waals surface area contributed by atoms with E-state index in [-0.39, 0.29) is 30.0 Å². The van der Waals surface area contributed by atoms with Crippen LogP contribution in [0.25, 0.3) is 0 Å². The highest BCUT2D eigenvalue weighted by Crippen LogP contribution is 2.33. The topological polar surface area (TPSA) is 54.5 Å². The number of aromatic nitrogens is 1. The molecule has 1 aromatic heterocycles. The van der Waals surface area contributed by atoms with Crippen LogP contribution in [-0.2, 0) is 4.74 Å². The molecule has 0 bridgehead atoms. The van der Waals surface area contributed by atoms with Crippen molar-refractivity contribution in [2.24, 2.45) is 0 Å². The zero-order valence-corrected chi connectivity index (χ0v) is 15.2. The van der Waals surface area contributed by atoms with Gasteiger partial charge in [0.25, 0.3) is 0 Å². The zero-order valence-electron chi connectivity index (χ0n) is 15.2. The molecule has 5 nitrogen and oxygen atoms in total. The quantitative estimate of drug-likeness (QED) is 0.887. The molecule has 0 saturated carbocycles. The standard InChI is InChI=1S/C21H24FN3O2/c22-17-7-5-16(6-8-17)20(19-4-2-14-27-19)24-21(26)25-13-1-3-18(25)15-9-11-23-12-10-15/h5-12,18-20H,1-4,13-14H2,(H,24,26)/t18-,19-,20-/m1/s1. The lowest BCUT2D eigenvalue weighted by atomic mass is 9.99. The fourth-order valence-electron chi connectivity index (χ4n) is 4.08. The Bertz CT molecular complexity index is 763. The minimum atomic E-state index is -0.284. The van der Waals surface area contributed by atoms with E-state index in [4.69, 9.17) is 4.74 Å². The van der Waals surface area contributed by atoms with E-state index < -0.39 is 0 Å². The molecule has 0 aliphatic carbocycles. The van der Waals surface area contributed by atoms with Crippen molar-refractivity contribution in [3.05, 3.63) is 65.7 Å². The Balaban J connectivity index is 1.53. The van der Waals surface area contributed by atoms with Crippen molar-refractivity contribution >= 4 is 6.03 Å². The molecule has 3 atom stereocenters. The highest BCUT2D eigenvalue weighted by molar-refractivity contribution is 5.75. The number of carbonyl (C=O) groups excluding carboxylic acids is 1. The van der Waals surface area contributed by atoms with E-state index in [1.54, 1.807) is 24.5 Å². The third-order valence-electron chi connectivity index (χ3n) is 5.45. The molecule has 142 valence electrons. The summed E-state index contributed by atoms with van der Waals surface area (Å²) < 4.78 is 19.2. The molecule has 27 heavy (non-hydrogen) atoms. The van der Waals surface area contributed by atoms with Gasteiger partial charge in [0.15, 0.2) is 0 Å². The summed E-state index contributed by atoms with van der Waals surface area (Å²) in [5.41, 5.74) is 1.98. The van der Waals surface area contributed by atoms with Crippen molar-refractivity contribution in [3.63, 3.8) is 0 Å². The number of amides is 2. The summed E-state index contributed by atoms with van der Waals surface area (Å²) in [5, 5.41) is 3.16. The van der Waals surface area contributed by atoms with Crippen molar-refractivity contribution in [1.82, 2.24) is 15.2 Å². The van der Waals surface area contributed by atoms with Crippen LogP contribution in [0.4, 0.5) is 9.18 Å². The predicted molar refractivity (Wildman–Crippen MR) is 99.6 cm³/mol. The Hall–Kier alpha value is -2.47. The number of carbonyl (C=O) groups is 1. The number of hydrogen-bond donors (Lipinski definition) is 1. The summed E-state index contributed by atoms with van der Waals surface area (Å²) in [5.74, 6) is -0.284. The second-order valence-electron chi connectivity index (χ2n) is 7.16. The molecule has 2 aromatic rings. The van der Waals surface area contributed by atoms with Gasteiger partial charge in [0.1, 0.15) is 5.82 Å². The lowest BCUT2D eigenvalue weighted by Crippen LogP contribution is -2.44. The highest BCUT2D eigenvalue weighted by atomic mass is 19.1. The highest BCUT2D eigenvalue weighted by Gasteiger charge is 2.34. The molecule has 1 aromatic carbocycles.